The SMILES string of the molecule is Cc1c(Cl)c2c(Cl)c(C)c1-c1c(-c3ccc(F)cc3)sc3ncnc(c13)OC(C(=O)O)Cc1cc(ccc1OCc1ccnc(C3(C)COC3)n1)OCC(CN1CCN(C)CC1)O2. The molecule has 63 heavy (non-hydrogen) atoms. The third kappa shape index (κ3) is 8.74. The van der Waals surface area contributed by atoms with E-state index in [1.165, 1.54) is 29.8 Å². The Morgan fingerprint density at radius 1 is 0.984 bits per heavy atom. The minimum Gasteiger partial charge on any atom is -0.490 e. The summed E-state index contributed by atoms with van der Waals surface area (Å²) in [6.45, 7) is 11.1. The Kier molecular flexibility index (Phi) is 12.2. The summed E-state index contributed by atoms with van der Waals surface area (Å²) in [4.78, 5) is 37.5. The molecular formula is C46H45Cl2FN6O7S. The highest BCUT2D eigenvalue weighted by Crippen LogP contribution is 2.53. The van der Waals surface area contributed by atoms with Crippen LogP contribution in [0.5, 0.6) is 23.1 Å². The first-order chi connectivity index (χ1) is 30.3. The quantitative estimate of drug-likeness (QED) is 0.157. The summed E-state index contributed by atoms with van der Waals surface area (Å²) in [7, 11) is 2.10. The second kappa shape index (κ2) is 17.8. The molecule has 2 atom stereocenters. The maximum Gasteiger partial charge on any atom is 0.345 e. The van der Waals surface area contributed by atoms with E-state index in [9.17, 15) is 14.3 Å². The number of nitrogens with zero attached hydrogens (tertiary/aromatic N) is 6. The Morgan fingerprint density at radius 2 is 1.73 bits per heavy atom. The van der Waals surface area contributed by atoms with E-state index < -0.39 is 24.0 Å². The molecule has 13 nitrogen and oxygen atoms in total. The number of carboxylic acid groups (broad SMARTS) is 1. The summed E-state index contributed by atoms with van der Waals surface area (Å²) < 4.78 is 46.0. The summed E-state index contributed by atoms with van der Waals surface area (Å²) in [5.41, 5.74) is 4.19. The molecule has 3 aromatic carbocycles. The molecule has 2 fully saturated rings. The van der Waals surface area contributed by atoms with Gasteiger partial charge in [0.05, 0.1) is 39.8 Å². The number of rotatable bonds is 8. The minimum absolute atomic E-state index is 0.0341. The van der Waals surface area contributed by atoms with Gasteiger partial charge >= 0.3 is 5.97 Å². The molecule has 0 aliphatic carbocycles. The topological polar surface area (TPSA) is 141 Å². The van der Waals surface area contributed by atoms with Crippen LogP contribution in [-0.4, -0.2) is 113 Å². The van der Waals surface area contributed by atoms with E-state index in [1.54, 1.807) is 42.6 Å². The predicted molar refractivity (Wildman–Crippen MR) is 238 cm³/mol. The average Bonchev–Trinajstić information content (AvgIpc) is 3.65. The standard InChI is InChI=1S/C46H45Cl2FN6O7S/c1-25-35-26(2)39(48)40(38(25)47)61-32(19-55-15-13-54(4)14-16-55)21-59-31-9-10-33(60-20-30-11-12-50-45(53-30)46(3)22-58-23-46)28(17-31)18-34(44(56)57)62-42-37-36(35)41(63-43(37)52-24-51-42)27-5-7-29(49)8-6-27/h5-12,17,24,32,34H,13-16,18-23H2,1-4H3,(H,56,57). The first-order valence-corrected chi connectivity index (χ1v) is 22.2. The predicted octanol–water partition coefficient (Wildman–Crippen LogP) is 8.21. The van der Waals surface area contributed by atoms with Gasteiger partial charge < -0.3 is 33.7 Å². The van der Waals surface area contributed by atoms with Gasteiger partial charge in [0.2, 0.25) is 12.0 Å². The number of carboxylic acids is 1. The van der Waals surface area contributed by atoms with Crippen LogP contribution in [0.3, 0.4) is 0 Å². The highest BCUT2D eigenvalue weighted by atomic mass is 35.5. The number of hydrogen-bond acceptors (Lipinski definition) is 13. The molecule has 0 spiro atoms. The van der Waals surface area contributed by atoms with Gasteiger partial charge in [0.15, 0.2) is 5.75 Å². The van der Waals surface area contributed by atoms with Crippen LogP contribution in [0.25, 0.3) is 31.8 Å². The number of ether oxygens (including phenoxy) is 5. The Bertz CT molecular complexity index is 2660. The van der Waals surface area contributed by atoms with E-state index in [-0.39, 0.29) is 30.9 Å². The van der Waals surface area contributed by atoms with Crippen molar-refractivity contribution in [3.63, 3.8) is 0 Å². The minimum atomic E-state index is -1.45. The van der Waals surface area contributed by atoms with Crippen LogP contribution >= 0.6 is 34.5 Å². The van der Waals surface area contributed by atoms with Gasteiger partial charge in [-0.1, -0.05) is 35.3 Å². The van der Waals surface area contributed by atoms with Gasteiger partial charge in [-0.25, -0.2) is 29.1 Å². The van der Waals surface area contributed by atoms with Crippen molar-refractivity contribution in [1.29, 1.82) is 0 Å². The molecule has 2 saturated heterocycles. The number of hydrogen-bond donors (Lipinski definition) is 1. The third-order valence-corrected chi connectivity index (χ3v) is 13.9. The lowest BCUT2D eigenvalue weighted by Crippen LogP contribution is -2.49. The van der Waals surface area contributed by atoms with Crippen LogP contribution in [0.1, 0.15) is 35.1 Å². The lowest BCUT2D eigenvalue weighted by molar-refractivity contribution is -0.145. The first-order valence-electron chi connectivity index (χ1n) is 20.6. The molecule has 4 aliphatic heterocycles. The average molecular weight is 916 g/mol. The highest BCUT2D eigenvalue weighted by Gasteiger charge is 2.38. The molecule has 4 aliphatic rings. The fourth-order valence-corrected chi connectivity index (χ4v) is 9.83. The van der Waals surface area contributed by atoms with Crippen molar-refractivity contribution in [2.75, 3.05) is 59.6 Å². The molecule has 0 saturated carbocycles. The normalized spacial score (nSPS) is 19.1. The number of thiophene rings is 1. The van der Waals surface area contributed by atoms with Crippen molar-refractivity contribution >= 4 is 50.7 Å². The molecule has 0 amide bonds. The lowest BCUT2D eigenvalue weighted by Gasteiger charge is -2.36. The van der Waals surface area contributed by atoms with Crippen LogP contribution in [-0.2, 0) is 28.0 Å². The Labute approximate surface area is 377 Å². The van der Waals surface area contributed by atoms with Crippen molar-refractivity contribution in [1.82, 2.24) is 29.7 Å². The molecule has 17 heteroatoms. The van der Waals surface area contributed by atoms with Crippen LogP contribution in [0.2, 0.25) is 10.0 Å². The van der Waals surface area contributed by atoms with Crippen LogP contribution in [0.4, 0.5) is 4.39 Å². The number of likely N-dealkylation sites (N-methyl/N-ethyl adjacent to an activating group) is 1. The molecule has 4 bridgehead atoms. The second-order valence-electron chi connectivity index (χ2n) is 16.5. The van der Waals surface area contributed by atoms with Gasteiger partial charge in [0.1, 0.15) is 53.6 Å². The van der Waals surface area contributed by atoms with Gasteiger partial charge in [-0.2, -0.15) is 0 Å². The molecule has 3 aromatic heterocycles. The van der Waals surface area contributed by atoms with E-state index in [0.717, 1.165) is 26.2 Å². The van der Waals surface area contributed by atoms with Crippen molar-refractivity contribution in [3.05, 3.63) is 105 Å². The van der Waals surface area contributed by atoms with Gasteiger partial charge in [-0.05, 0) is 86.5 Å². The second-order valence-corrected chi connectivity index (χ2v) is 18.3. The molecule has 2 unspecified atom stereocenters. The largest absolute Gasteiger partial charge is 0.490 e. The maximum absolute atomic E-state index is 14.3. The van der Waals surface area contributed by atoms with Gasteiger partial charge in [0, 0.05) is 61.3 Å². The number of piperazine rings is 1. The van der Waals surface area contributed by atoms with E-state index in [1.807, 2.05) is 13.8 Å². The number of aromatic nitrogens is 4. The molecule has 1 N–H and O–H groups in total. The number of fused-ring (bicyclic) bond motifs is 7. The van der Waals surface area contributed by atoms with E-state index in [4.69, 9.17) is 51.9 Å². The van der Waals surface area contributed by atoms with Crippen LogP contribution in [0.15, 0.2) is 61.1 Å². The number of benzene rings is 3. The zero-order valence-electron chi connectivity index (χ0n) is 35.1. The Morgan fingerprint density at radius 3 is 2.43 bits per heavy atom. The summed E-state index contributed by atoms with van der Waals surface area (Å²) in [6, 6.07) is 13.2. The fourth-order valence-electron chi connectivity index (χ4n) is 8.17. The van der Waals surface area contributed by atoms with Crippen LogP contribution in [0, 0.1) is 19.7 Å². The Balaban J connectivity index is 1.18. The fraction of sp³-hybridized carbons (Fsp3) is 0.370. The zero-order chi connectivity index (χ0) is 44.0. The van der Waals surface area contributed by atoms with Gasteiger partial charge in [0.25, 0.3) is 0 Å². The monoisotopic (exact) mass is 914 g/mol. The smallest absolute Gasteiger partial charge is 0.345 e. The van der Waals surface area contributed by atoms with E-state index in [2.05, 4.69) is 38.7 Å². The summed E-state index contributed by atoms with van der Waals surface area (Å²) >= 11 is 16.0. The molecular weight excluding hydrogens is 871 g/mol. The number of aliphatic carboxylic acids is 1. The number of carbonyl (C=O) groups is 1. The third-order valence-electron chi connectivity index (χ3n) is 11.8. The van der Waals surface area contributed by atoms with Gasteiger partial charge in [-0.3, -0.25) is 4.90 Å². The first kappa shape index (κ1) is 43.1. The number of halogens is 3. The van der Waals surface area contributed by atoms with Crippen molar-refractivity contribution in [2.24, 2.45) is 0 Å². The summed E-state index contributed by atoms with van der Waals surface area (Å²) in [5.74, 6) is 0.289. The van der Waals surface area contributed by atoms with E-state index >= 15 is 0 Å². The van der Waals surface area contributed by atoms with Crippen molar-refractivity contribution < 1.29 is 38.0 Å². The van der Waals surface area contributed by atoms with Crippen molar-refractivity contribution in [3.8, 4) is 44.7 Å². The zero-order valence-corrected chi connectivity index (χ0v) is 37.4. The van der Waals surface area contributed by atoms with Gasteiger partial charge in [-0.15, -0.1) is 11.3 Å². The highest BCUT2D eigenvalue weighted by molar-refractivity contribution is 7.22. The molecule has 328 valence electrons. The van der Waals surface area contributed by atoms with Crippen molar-refractivity contribution in [2.45, 2.75) is 51.4 Å². The molecule has 7 heterocycles. The lowest BCUT2D eigenvalue weighted by atomic mass is 9.87. The van der Waals surface area contributed by atoms with E-state index in [0.29, 0.717) is 107 Å². The molecule has 0 radical (unpaired) electrons. The summed E-state index contributed by atoms with van der Waals surface area (Å²) in [6.07, 6.45) is 0.930. The molecule has 6 aromatic rings. The summed E-state index contributed by atoms with van der Waals surface area (Å²) in [5, 5.41) is 11.9. The maximum atomic E-state index is 14.3. The van der Waals surface area contributed by atoms with Crippen LogP contribution < -0.4 is 18.9 Å². The Hall–Kier alpha value is -5.16. The molecule has 10 rings (SSSR count).